The van der Waals surface area contributed by atoms with Crippen LogP contribution in [0.3, 0.4) is 0 Å². The van der Waals surface area contributed by atoms with Crippen LogP contribution in [-0.2, 0) is 16.0 Å². The number of aromatic nitrogens is 1. The van der Waals surface area contributed by atoms with E-state index in [4.69, 9.17) is 28.9 Å². The maximum absolute atomic E-state index is 12.2. The zero-order valence-corrected chi connectivity index (χ0v) is 15.5. The monoisotopic (exact) mass is 403 g/mol. The van der Waals surface area contributed by atoms with E-state index in [1.54, 1.807) is 24.3 Å². The van der Waals surface area contributed by atoms with Crippen LogP contribution in [0.1, 0.15) is 15.9 Å². The summed E-state index contributed by atoms with van der Waals surface area (Å²) in [6.07, 6.45) is 0.341. The van der Waals surface area contributed by atoms with E-state index in [0.717, 1.165) is 5.56 Å². The second-order valence-corrected chi connectivity index (χ2v) is 5.70. The van der Waals surface area contributed by atoms with Gasteiger partial charge in [0, 0.05) is 5.69 Å². The molecule has 1 amide bonds. The molecule has 9 heteroatoms. The highest BCUT2D eigenvalue weighted by molar-refractivity contribution is 6.35. The summed E-state index contributed by atoms with van der Waals surface area (Å²) < 4.78 is 4.58. The number of nitrogens with two attached hydrogens (primary N) is 1. The maximum Gasteiger partial charge on any atom is 0.322 e. The first kappa shape index (κ1) is 21.2. The van der Waals surface area contributed by atoms with E-state index in [9.17, 15) is 9.59 Å². The van der Waals surface area contributed by atoms with Crippen LogP contribution in [0.25, 0.3) is 0 Å². The molecular weight excluding hydrogens is 389 g/mol. The number of halogens is 3. The van der Waals surface area contributed by atoms with Gasteiger partial charge in [0.25, 0.3) is 5.91 Å². The van der Waals surface area contributed by atoms with Crippen molar-refractivity contribution in [3.63, 3.8) is 0 Å². The van der Waals surface area contributed by atoms with Gasteiger partial charge in [0.2, 0.25) is 0 Å². The van der Waals surface area contributed by atoms with E-state index in [2.05, 4.69) is 15.0 Å². The fourth-order valence-electron chi connectivity index (χ4n) is 1.99. The molecule has 1 aromatic carbocycles. The molecule has 2 rings (SSSR count). The Morgan fingerprint density at radius 2 is 1.84 bits per heavy atom. The third kappa shape index (κ3) is 5.86. The minimum atomic E-state index is -0.727. The highest BCUT2D eigenvalue weighted by atomic mass is 35.5. The quantitative estimate of drug-likeness (QED) is 0.590. The lowest BCUT2D eigenvalue weighted by Gasteiger charge is -2.10. The Balaban J connectivity index is 0.00000312. The second kappa shape index (κ2) is 9.58. The van der Waals surface area contributed by atoms with Gasteiger partial charge in [-0.15, -0.1) is 12.4 Å². The summed E-state index contributed by atoms with van der Waals surface area (Å²) in [4.78, 5) is 27.3. The second-order valence-electron chi connectivity index (χ2n) is 4.96. The number of carbonyl (C=O) groups excluding carboxylic acids is 2. The fraction of sp³-hybridized carbons (Fsp3) is 0.188. The molecule has 2 aromatic rings. The Bertz CT molecular complexity index is 754. The number of benzene rings is 1. The first-order valence-corrected chi connectivity index (χ1v) is 7.72. The van der Waals surface area contributed by atoms with Gasteiger partial charge >= 0.3 is 5.97 Å². The van der Waals surface area contributed by atoms with Crippen molar-refractivity contribution in [3.05, 3.63) is 57.8 Å². The van der Waals surface area contributed by atoms with Crippen molar-refractivity contribution in [2.45, 2.75) is 12.5 Å². The summed E-state index contributed by atoms with van der Waals surface area (Å²) in [6, 6.07) is 9.19. The highest BCUT2D eigenvalue weighted by Gasteiger charge is 2.15. The van der Waals surface area contributed by atoms with Crippen molar-refractivity contribution in [3.8, 4) is 0 Å². The molecule has 1 atom stereocenters. The average Bonchev–Trinajstić information content (AvgIpc) is 2.55. The third-order valence-electron chi connectivity index (χ3n) is 3.23. The molecule has 0 radical (unpaired) electrons. The molecule has 134 valence electrons. The molecular formula is C16H16Cl3N3O3. The topological polar surface area (TPSA) is 94.3 Å². The lowest BCUT2D eigenvalue weighted by atomic mass is 10.1. The van der Waals surface area contributed by atoms with Crippen LogP contribution in [0.2, 0.25) is 10.3 Å². The van der Waals surface area contributed by atoms with Crippen molar-refractivity contribution in [1.29, 1.82) is 0 Å². The molecule has 0 saturated heterocycles. The van der Waals surface area contributed by atoms with Crippen LogP contribution in [0, 0.1) is 0 Å². The lowest BCUT2D eigenvalue weighted by molar-refractivity contribution is -0.142. The summed E-state index contributed by atoms with van der Waals surface area (Å²) in [5, 5.41) is 2.94. The minimum absolute atomic E-state index is 0. The molecule has 25 heavy (non-hydrogen) atoms. The Kier molecular flexibility index (Phi) is 8.12. The van der Waals surface area contributed by atoms with Crippen molar-refractivity contribution in [2.75, 3.05) is 12.4 Å². The summed E-state index contributed by atoms with van der Waals surface area (Å²) in [7, 11) is 1.29. The summed E-state index contributed by atoms with van der Waals surface area (Å²) in [6.45, 7) is 0. The molecule has 0 aliphatic carbocycles. The van der Waals surface area contributed by atoms with Crippen molar-refractivity contribution < 1.29 is 14.3 Å². The predicted octanol–water partition coefficient (Wildman–Crippen LogP) is 3.11. The van der Waals surface area contributed by atoms with Crippen LogP contribution in [0.5, 0.6) is 0 Å². The molecule has 0 unspecified atom stereocenters. The van der Waals surface area contributed by atoms with Gasteiger partial charge in [-0.05, 0) is 36.2 Å². The number of methoxy groups -OCH3 is 1. The number of nitrogens with one attached hydrogen (secondary N) is 1. The molecule has 0 aliphatic rings. The normalized spacial score (nSPS) is 11.2. The van der Waals surface area contributed by atoms with Gasteiger partial charge in [0.15, 0.2) is 0 Å². The van der Waals surface area contributed by atoms with Gasteiger partial charge in [-0.25, -0.2) is 4.98 Å². The number of ether oxygens (including phenoxy) is 1. The van der Waals surface area contributed by atoms with Crippen molar-refractivity contribution in [1.82, 2.24) is 4.98 Å². The zero-order chi connectivity index (χ0) is 17.7. The van der Waals surface area contributed by atoms with Gasteiger partial charge in [-0.1, -0.05) is 35.3 Å². The molecule has 0 spiro atoms. The van der Waals surface area contributed by atoms with E-state index < -0.39 is 17.9 Å². The number of hydrogen-bond donors (Lipinski definition) is 2. The van der Waals surface area contributed by atoms with Gasteiger partial charge < -0.3 is 15.8 Å². The van der Waals surface area contributed by atoms with Gasteiger partial charge in [0.1, 0.15) is 16.3 Å². The summed E-state index contributed by atoms with van der Waals surface area (Å²) in [5.74, 6) is -0.875. The number of nitrogens with zero attached hydrogens (tertiary/aromatic N) is 1. The maximum atomic E-state index is 12.2. The molecule has 0 aliphatic heterocycles. The molecule has 3 N–H and O–H groups in total. The minimum Gasteiger partial charge on any atom is -0.468 e. The molecule has 0 fully saturated rings. The number of pyridine rings is 1. The number of carbonyl (C=O) groups is 2. The number of esters is 1. The van der Waals surface area contributed by atoms with E-state index in [0.29, 0.717) is 12.1 Å². The molecule has 1 aromatic heterocycles. The number of hydrogen-bond acceptors (Lipinski definition) is 5. The lowest BCUT2D eigenvalue weighted by Crippen LogP contribution is -2.33. The van der Waals surface area contributed by atoms with Crippen LogP contribution < -0.4 is 11.1 Å². The number of anilines is 1. The van der Waals surface area contributed by atoms with Crippen molar-refractivity contribution >= 4 is 53.2 Å². The van der Waals surface area contributed by atoms with Gasteiger partial charge in [0.05, 0.1) is 12.7 Å². The molecule has 6 nitrogen and oxygen atoms in total. The van der Waals surface area contributed by atoms with Crippen LogP contribution in [0.4, 0.5) is 5.69 Å². The molecule has 0 bridgehead atoms. The van der Waals surface area contributed by atoms with E-state index in [1.807, 2.05) is 0 Å². The fourth-order valence-corrected chi connectivity index (χ4v) is 2.42. The van der Waals surface area contributed by atoms with Gasteiger partial charge in [-0.3, -0.25) is 9.59 Å². The molecule has 1 heterocycles. The number of rotatable bonds is 5. The van der Waals surface area contributed by atoms with E-state index >= 15 is 0 Å². The van der Waals surface area contributed by atoms with Crippen LogP contribution >= 0.6 is 35.6 Å². The number of amides is 1. The summed E-state index contributed by atoms with van der Waals surface area (Å²) in [5.41, 5.74) is 7.34. The Labute approximate surface area is 161 Å². The SMILES string of the molecule is COC(=O)[C@@H](N)Cc1ccc(NC(=O)c2ccc(Cl)nc2Cl)cc1.Cl. The predicted molar refractivity (Wildman–Crippen MR) is 99.6 cm³/mol. The Morgan fingerprint density at radius 1 is 1.20 bits per heavy atom. The zero-order valence-electron chi connectivity index (χ0n) is 13.2. The van der Waals surface area contributed by atoms with Crippen LogP contribution in [-0.4, -0.2) is 30.0 Å². The molecule has 0 saturated carbocycles. The first-order chi connectivity index (χ1) is 11.4. The largest absolute Gasteiger partial charge is 0.468 e. The van der Waals surface area contributed by atoms with E-state index in [-0.39, 0.29) is 28.3 Å². The van der Waals surface area contributed by atoms with E-state index in [1.165, 1.54) is 19.2 Å². The third-order valence-corrected chi connectivity index (χ3v) is 3.73. The first-order valence-electron chi connectivity index (χ1n) is 6.96. The standard InChI is InChI=1S/C16H15Cl2N3O3.ClH/c1-24-16(23)12(19)8-9-2-4-10(5-3-9)20-15(22)11-6-7-13(17)21-14(11)18;/h2-7,12H,8,19H2,1H3,(H,20,22);1H/t12-;/m0./s1. The van der Waals surface area contributed by atoms with Gasteiger partial charge in [-0.2, -0.15) is 0 Å². The smallest absolute Gasteiger partial charge is 0.322 e. The Hall–Kier alpha value is -1.86. The summed E-state index contributed by atoms with van der Waals surface area (Å²) >= 11 is 11.6. The van der Waals surface area contributed by atoms with Crippen molar-refractivity contribution in [2.24, 2.45) is 5.73 Å². The highest BCUT2D eigenvalue weighted by Crippen LogP contribution is 2.19. The Morgan fingerprint density at radius 3 is 2.40 bits per heavy atom. The average molecular weight is 405 g/mol. The van der Waals surface area contributed by atoms with Crippen LogP contribution in [0.15, 0.2) is 36.4 Å².